The maximum Gasteiger partial charge on any atom is 0.204 e. The van der Waals surface area contributed by atoms with Crippen molar-refractivity contribution in [1.82, 2.24) is 20.6 Å². The number of aromatic nitrogens is 4. The Balaban J connectivity index is 1.81. The standard InChI is InChI=1S/C14H19N5/c1-14(2)8-4-7-12(14)15-11-6-3-5-10(9-11)13-16-18-19-17-13/h3,5-6,9,12,15H,4,7-8H2,1-2H3,(H,16,17,18,19). The lowest BCUT2D eigenvalue weighted by atomic mass is 9.87. The van der Waals surface area contributed by atoms with Gasteiger partial charge in [-0.1, -0.05) is 32.4 Å². The lowest BCUT2D eigenvalue weighted by Crippen LogP contribution is -2.30. The lowest BCUT2D eigenvalue weighted by molar-refractivity contribution is 0.350. The molecule has 5 heteroatoms. The van der Waals surface area contributed by atoms with Crippen LogP contribution in [-0.2, 0) is 0 Å². The molecule has 3 rings (SSSR count). The highest BCUT2D eigenvalue weighted by molar-refractivity contribution is 5.62. The predicted molar refractivity (Wildman–Crippen MR) is 74.7 cm³/mol. The first-order valence-electron chi connectivity index (χ1n) is 6.75. The molecular weight excluding hydrogens is 238 g/mol. The molecule has 1 unspecified atom stereocenters. The molecule has 1 atom stereocenters. The van der Waals surface area contributed by atoms with Gasteiger partial charge in [0.1, 0.15) is 0 Å². The van der Waals surface area contributed by atoms with E-state index in [4.69, 9.17) is 0 Å². The van der Waals surface area contributed by atoms with Gasteiger partial charge in [0.25, 0.3) is 0 Å². The number of H-pyrrole nitrogens is 1. The first kappa shape index (κ1) is 12.1. The minimum absolute atomic E-state index is 0.363. The van der Waals surface area contributed by atoms with Gasteiger partial charge in [0.15, 0.2) is 0 Å². The fourth-order valence-corrected chi connectivity index (χ4v) is 2.83. The third kappa shape index (κ3) is 2.45. The van der Waals surface area contributed by atoms with E-state index in [0.717, 1.165) is 11.3 Å². The van der Waals surface area contributed by atoms with E-state index in [-0.39, 0.29) is 0 Å². The predicted octanol–water partition coefficient (Wildman–Crippen LogP) is 2.86. The van der Waals surface area contributed by atoms with E-state index < -0.39 is 0 Å². The van der Waals surface area contributed by atoms with Gasteiger partial charge >= 0.3 is 0 Å². The summed E-state index contributed by atoms with van der Waals surface area (Å²) in [5.41, 5.74) is 2.47. The number of tetrazole rings is 1. The molecule has 19 heavy (non-hydrogen) atoms. The number of aromatic amines is 1. The van der Waals surface area contributed by atoms with Crippen LogP contribution in [0.2, 0.25) is 0 Å². The molecule has 0 bridgehead atoms. The molecule has 1 fully saturated rings. The summed E-state index contributed by atoms with van der Waals surface area (Å²) in [6.45, 7) is 4.67. The zero-order valence-corrected chi connectivity index (χ0v) is 11.3. The third-order valence-corrected chi connectivity index (χ3v) is 4.06. The van der Waals surface area contributed by atoms with Gasteiger partial charge in [-0.25, -0.2) is 0 Å². The van der Waals surface area contributed by atoms with Crippen molar-refractivity contribution in [2.45, 2.75) is 39.2 Å². The highest BCUT2D eigenvalue weighted by Crippen LogP contribution is 2.39. The molecule has 1 heterocycles. The minimum atomic E-state index is 0.363. The number of nitrogens with one attached hydrogen (secondary N) is 2. The normalized spacial score (nSPS) is 21.5. The monoisotopic (exact) mass is 257 g/mol. The van der Waals surface area contributed by atoms with Crippen LogP contribution >= 0.6 is 0 Å². The van der Waals surface area contributed by atoms with Crippen LogP contribution in [0.4, 0.5) is 5.69 Å². The van der Waals surface area contributed by atoms with E-state index in [9.17, 15) is 0 Å². The van der Waals surface area contributed by atoms with Crippen LogP contribution in [0, 0.1) is 5.41 Å². The second-order valence-corrected chi connectivity index (χ2v) is 5.89. The molecule has 1 aliphatic rings. The first-order valence-corrected chi connectivity index (χ1v) is 6.75. The van der Waals surface area contributed by atoms with Crippen LogP contribution in [0.5, 0.6) is 0 Å². The molecule has 1 aliphatic carbocycles. The molecular formula is C14H19N5. The van der Waals surface area contributed by atoms with E-state index in [1.54, 1.807) is 0 Å². The number of nitrogens with zero attached hydrogens (tertiary/aromatic N) is 3. The van der Waals surface area contributed by atoms with E-state index in [1.165, 1.54) is 19.3 Å². The maximum absolute atomic E-state index is 4.01. The molecule has 1 saturated carbocycles. The van der Waals surface area contributed by atoms with E-state index in [2.05, 4.69) is 51.9 Å². The SMILES string of the molecule is CC1(C)CCCC1Nc1cccc(-c2nn[nH]n2)c1. The zero-order valence-electron chi connectivity index (χ0n) is 11.3. The summed E-state index contributed by atoms with van der Waals surface area (Å²) in [7, 11) is 0. The smallest absolute Gasteiger partial charge is 0.204 e. The van der Waals surface area contributed by atoms with Gasteiger partial charge < -0.3 is 5.32 Å². The Labute approximate surface area is 112 Å². The number of benzene rings is 1. The molecule has 2 N–H and O–H groups in total. The fraction of sp³-hybridized carbons (Fsp3) is 0.500. The minimum Gasteiger partial charge on any atom is -0.382 e. The number of hydrogen-bond acceptors (Lipinski definition) is 4. The topological polar surface area (TPSA) is 66.5 Å². The summed E-state index contributed by atoms with van der Waals surface area (Å²) >= 11 is 0. The number of hydrogen-bond donors (Lipinski definition) is 2. The molecule has 0 saturated heterocycles. The van der Waals surface area contributed by atoms with Crippen LogP contribution in [0.3, 0.4) is 0 Å². The molecule has 0 spiro atoms. The summed E-state index contributed by atoms with van der Waals surface area (Å²) in [6.07, 6.45) is 3.82. The second kappa shape index (κ2) is 4.64. The van der Waals surface area contributed by atoms with Crippen molar-refractivity contribution >= 4 is 5.69 Å². The molecule has 5 nitrogen and oxygen atoms in total. The highest BCUT2D eigenvalue weighted by atomic mass is 15.5. The Hall–Kier alpha value is -1.91. The fourth-order valence-electron chi connectivity index (χ4n) is 2.83. The molecule has 2 aromatic rings. The zero-order chi connectivity index (χ0) is 13.3. The van der Waals surface area contributed by atoms with Gasteiger partial charge in [-0.2, -0.15) is 5.21 Å². The first-order chi connectivity index (χ1) is 9.15. The van der Waals surface area contributed by atoms with Crippen molar-refractivity contribution in [3.05, 3.63) is 24.3 Å². The summed E-state index contributed by atoms with van der Waals surface area (Å²) in [6, 6.07) is 8.73. The van der Waals surface area contributed by atoms with E-state index in [1.807, 2.05) is 12.1 Å². The maximum atomic E-state index is 4.01. The van der Waals surface area contributed by atoms with Crippen molar-refractivity contribution in [3.8, 4) is 11.4 Å². The van der Waals surface area contributed by atoms with Crippen LogP contribution in [0.25, 0.3) is 11.4 Å². The van der Waals surface area contributed by atoms with Gasteiger partial charge in [-0.05, 0) is 35.6 Å². The van der Waals surface area contributed by atoms with Gasteiger partial charge in [-0.15, -0.1) is 10.2 Å². The Morgan fingerprint density at radius 2 is 2.26 bits per heavy atom. The second-order valence-electron chi connectivity index (χ2n) is 5.89. The number of anilines is 1. The molecule has 1 aromatic heterocycles. The van der Waals surface area contributed by atoms with Crippen LogP contribution in [-0.4, -0.2) is 26.7 Å². The van der Waals surface area contributed by atoms with E-state index >= 15 is 0 Å². The summed E-state index contributed by atoms with van der Waals surface area (Å²) in [5, 5.41) is 17.8. The molecule has 0 aliphatic heterocycles. The Bertz CT molecular complexity index is 547. The van der Waals surface area contributed by atoms with Gasteiger partial charge in [0, 0.05) is 17.3 Å². The van der Waals surface area contributed by atoms with Crippen molar-refractivity contribution in [3.63, 3.8) is 0 Å². The Morgan fingerprint density at radius 1 is 1.37 bits per heavy atom. The molecule has 0 amide bonds. The molecule has 0 radical (unpaired) electrons. The van der Waals surface area contributed by atoms with E-state index in [0.29, 0.717) is 17.3 Å². The van der Waals surface area contributed by atoms with Crippen LogP contribution in [0.15, 0.2) is 24.3 Å². The van der Waals surface area contributed by atoms with Crippen molar-refractivity contribution in [2.75, 3.05) is 5.32 Å². The highest BCUT2D eigenvalue weighted by Gasteiger charge is 2.34. The Kier molecular flexibility index (Phi) is 2.97. The largest absolute Gasteiger partial charge is 0.382 e. The quantitative estimate of drug-likeness (QED) is 0.887. The molecule has 100 valence electrons. The summed E-state index contributed by atoms with van der Waals surface area (Å²) in [5.74, 6) is 0.634. The van der Waals surface area contributed by atoms with Crippen molar-refractivity contribution in [1.29, 1.82) is 0 Å². The van der Waals surface area contributed by atoms with Gasteiger partial charge in [0.05, 0.1) is 0 Å². The lowest BCUT2D eigenvalue weighted by Gasteiger charge is -2.28. The van der Waals surface area contributed by atoms with Crippen molar-refractivity contribution < 1.29 is 0 Å². The van der Waals surface area contributed by atoms with Crippen LogP contribution in [0.1, 0.15) is 33.1 Å². The third-order valence-electron chi connectivity index (χ3n) is 4.06. The Morgan fingerprint density at radius 3 is 2.95 bits per heavy atom. The summed E-state index contributed by atoms with van der Waals surface area (Å²) in [4.78, 5) is 0. The number of rotatable bonds is 3. The summed E-state index contributed by atoms with van der Waals surface area (Å²) < 4.78 is 0. The van der Waals surface area contributed by atoms with Gasteiger partial charge in [0.2, 0.25) is 5.82 Å². The van der Waals surface area contributed by atoms with Gasteiger partial charge in [-0.3, -0.25) is 0 Å². The van der Waals surface area contributed by atoms with Crippen molar-refractivity contribution in [2.24, 2.45) is 5.41 Å². The average Bonchev–Trinajstić information content (AvgIpc) is 3.01. The molecule has 1 aromatic carbocycles. The van der Waals surface area contributed by atoms with Crippen LogP contribution < -0.4 is 5.32 Å². The average molecular weight is 257 g/mol.